The number of thiophene rings is 1. The molecule has 2 N–H and O–H groups in total. The first kappa shape index (κ1) is 27.7. The van der Waals surface area contributed by atoms with Crippen LogP contribution < -0.4 is 5.32 Å². The fourth-order valence-electron chi connectivity index (χ4n) is 4.14. The maximum atomic E-state index is 13.4. The quantitative estimate of drug-likeness (QED) is 0.413. The van der Waals surface area contributed by atoms with Gasteiger partial charge in [0.15, 0.2) is 5.82 Å². The van der Waals surface area contributed by atoms with Gasteiger partial charge in [-0.2, -0.15) is 11.3 Å². The van der Waals surface area contributed by atoms with Gasteiger partial charge >= 0.3 is 12.1 Å². The van der Waals surface area contributed by atoms with E-state index in [1.807, 2.05) is 47.2 Å². The second-order valence-electron chi connectivity index (χ2n) is 8.81. The van der Waals surface area contributed by atoms with Crippen LogP contribution in [0, 0.1) is 0 Å². The zero-order valence-corrected chi connectivity index (χ0v) is 22.2. The van der Waals surface area contributed by atoms with Gasteiger partial charge in [0, 0.05) is 49.1 Å². The zero-order valence-electron chi connectivity index (χ0n) is 21.4. The number of hydrogen-bond donors (Lipinski definition) is 2. The van der Waals surface area contributed by atoms with E-state index in [1.54, 1.807) is 13.0 Å². The number of amides is 3. The number of ether oxygens (including phenoxy) is 1. The molecule has 3 aromatic rings. The summed E-state index contributed by atoms with van der Waals surface area (Å²) in [5.41, 5.74) is 2.16. The molecule has 0 radical (unpaired) electrons. The first-order chi connectivity index (χ1) is 18.9. The molecule has 0 unspecified atom stereocenters. The molecular weight excluding hydrogens is 522 g/mol. The molecule has 0 spiro atoms. The van der Waals surface area contributed by atoms with Crippen molar-refractivity contribution in [1.82, 2.24) is 25.1 Å². The highest BCUT2D eigenvalue weighted by Crippen LogP contribution is 2.24. The lowest BCUT2D eigenvalue weighted by Gasteiger charge is -2.35. The average Bonchev–Trinajstić information content (AvgIpc) is 3.50. The Balaban J connectivity index is 1.55. The second kappa shape index (κ2) is 13.0. The monoisotopic (exact) mass is 551 g/mol. The van der Waals surface area contributed by atoms with E-state index in [-0.39, 0.29) is 51.3 Å². The molecule has 1 atom stereocenters. The van der Waals surface area contributed by atoms with Crippen LogP contribution in [-0.4, -0.2) is 87.6 Å². The van der Waals surface area contributed by atoms with Crippen molar-refractivity contribution in [2.45, 2.75) is 25.8 Å². The molecule has 2 aromatic heterocycles. The molecule has 3 amide bonds. The minimum atomic E-state index is -1.08. The summed E-state index contributed by atoms with van der Waals surface area (Å²) in [7, 11) is 0. The van der Waals surface area contributed by atoms with Crippen LogP contribution in [0.2, 0.25) is 0 Å². The highest BCUT2D eigenvalue weighted by Gasteiger charge is 2.31. The summed E-state index contributed by atoms with van der Waals surface area (Å²) in [5.74, 6) is -1.75. The fourth-order valence-corrected chi connectivity index (χ4v) is 4.79. The number of hydrogen-bond acceptors (Lipinski definition) is 8. The molecule has 1 saturated heterocycles. The molecule has 1 aliphatic heterocycles. The third-order valence-electron chi connectivity index (χ3n) is 6.18. The molecule has 0 bridgehead atoms. The Morgan fingerprint density at radius 1 is 1.03 bits per heavy atom. The predicted octanol–water partition coefficient (Wildman–Crippen LogP) is 3.14. The van der Waals surface area contributed by atoms with Gasteiger partial charge in [0.2, 0.25) is 5.91 Å². The smallest absolute Gasteiger partial charge is 0.409 e. The molecule has 4 rings (SSSR count). The van der Waals surface area contributed by atoms with Crippen molar-refractivity contribution in [1.29, 1.82) is 0 Å². The van der Waals surface area contributed by atoms with Gasteiger partial charge in [-0.05, 0) is 30.9 Å². The van der Waals surface area contributed by atoms with Crippen LogP contribution in [0.4, 0.5) is 4.79 Å². The molecule has 0 aliphatic carbocycles. The average molecular weight is 552 g/mol. The molecule has 204 valence electrons. The molecule has 0 saturated carbocycles. The van der Waals surface area contributed by atoms with E-state index in [0.29, 0.717) is 11.5 Å². The van der Waals surface area contributed by atoms with Crippen LogP contribution in [-0.2, 0) is 14.3 Å². The highest BCUT2D eigenvalue weighted by atomic mass is 32.1. The number of piperazine rings is 1. The van der Waals surface area contributed by atoms with Crippen molar-refractivity contribution in [3.05, 3.63) is 58.9 Å². The first-order valence-corrected chi connectivity index (χ1v) is 13.5. The largest absolute Gasteiger partial charge is 0.481 e. The highest BCUT2D eigenvalue weighted by molar-refractivity contribution is 7.08. The summed E-state index contributed by atoms with van der Waals surface area (Å²) in [5, 5.41) is 15.8. The number of nitrogens with zero attached hydrogens (tertiary/aromatic N) is 4. The maximum absolute atomic E-state index is 13.4. The van der Waals surface area contributed by atoms with Crippen molar-refractivity contribution in [3.8, 4) is 22.6 Å². The molecule has 1 aromatic carbocycles. The number of rotatable bonds is 9. The normalized spacial score (nSPS) is 14.0. The number of aliphatic carboxylic acids is 1. The van der Waals surface area contributed by atoms with Crippen LogP contribution in [0.5, 0.6) is 0 Å². The van der Waals surface area contributed by atoms with E-state index < -0.39 is 29.9 Å². The summed E-state index contributed by atoms with van der Waals surface area (Å²) in [6.45, 7) is 3.01. The predicted molar refractivity (Wildman–Crippen MR) is 144 cm³/mol. The lowest BCUT2D eigenvalue weighted by Crippen LogP contribution is -2.56. The van der Waals surface area contributed by atoms with Crippen LogP contribution in [0.25, 0.3) is 22.6 Å². The third kappa shape index (κ3) is 7.17. The molecule has 3 heterocycles. The summed E-state index contributed by atoms with van der Waals surface area (Å²) < 4.78 is 5.02. The number of benzene rings is 1. The van der Waals surface area contributed by atoms with E-state index in [9.17, 15) is 24.3 Å². The fraction of sp³-hybridized carbons (Fsp3) is 0.333. The van der Waals surface area contributed by atoms with Gasteiger partial charge in [0.25, 0.3) is 5.91 Å². The second-order valence-corrected chi connectivity index (χ2v) is 9.59. The van der Waals surface area contributed by atoms with Gasteiger partial charge in [-0.25, -0.2) is 14.8 Å². The SMILES string of the molecule is CCOC(=O)N1CCN(C(=O)[C@H](CCC(=O)O)NC(=O)c2cc(-c3ccsc3)nc(-c3ccccc3)n2)CC1. The molecule has 1 aliphatic rings. The topological polar surface area (TPSA) is 142 Å². The first-order valence-electron chi connectivity index (χ1n) is 12.6. The van der Waals surface area contributed by atoms with Gasteiger partial charge in [0.1, 0.15) is 11.7 Å². The summed E-state index contributed by atoms with van der Waals surface area (Å²) in [6.07, 6.45) is -0.843. The summed E-state index contributed by atoms with van der Waals surface area (Å²) >= 11 is 1.50. The van der Waals surface area contributed by atoms with Gasteiger partial charge in [-0.3, -0.25) is 14.4 Å². The molecule has 1 fully saturated rings. The van der Waals surface area contributed by atoms with Crippen molar-refractivity contribution in [2.75, 3.05) is 32.8 Å². The Labute approximate surface area is 229 Å². The Kier molecular flexibility index (Phi) is 9.21. The molecule has 12 heteroatoms. The number of carboxylic acid groups (broad SMARTS) is 1. The standard InChI is InChI=1S/C27H29N5O6S/c1-2-38-27(37)32-13-11-31(12-14-32)26(36)20(8-9-23(33)34)30-25(35)22-16-21(19-10-15-39-17-19)28-24(29-22)18-6-4-3-5-7-18/h3-7,10,15-17,20H,2,8-9,11-14H2,1H3,(H,30,35)(H,33,34)/t20-/m0/s1. The third-order valence-corrected chi connectivity index (χ3v) is 6.86. The zero-order chi connectivity index (χ0) is 27.8. The van der Waals surface area contributed by atoms with Gasteiger partial charge < -0.3 is 25.0 Å². The number of nitrogens with one attached hydrogen (secondary N) is 1. The Hall–Kier alpha value is -4.32. The van der Waals surface area contributed by atoms with E-state index in [1.165, 1.54) is 21.1 Å². The van der Waals surface area contributed by atoms with Crippen LogP contribution in [0.1, 0.15) is 30.3 Å². The number of carbonyl (C=O) groups is 4. The van der Waals surface area contributed by atoms with Gasteiger partial charge in [0.05, 0.1) is 12.3 Å². The van der Waals surface area contributed by atoms with E-state index in [2.05, 4.69) is 15.3 Å². The van der Waals surface area contributed by atoms with Crippen molar-refractivity contribution in [3.63, 3.8) is 0 Å². The van der Waals surface area contributed by atoms with Crippen LogP contribution in [0.15, 0.2) is 53.2 Å². The maximum Gasteiger partial charge on any atom is 0.409 e. The number of carbonyl (C=O) groups excluding carboxylic acids is 3. The van der Waals surface area contributed by atoms with Crippen LogP contribution in [0.3, 0.4) is 0 Å². The van der Waals surface area contributed by atoms with E-state index in [0.717, 1.165) is 11.1 Å². The molecule has 39 heavy (non-hydrogen) atoms. The molecular formula is C27H29N5O6S. The summed E-state index contributed by atoms with van der Waals surface area (Å²) in [4.78, 5) is 62.2. The minimum Gasteiger partial charge on any atom is -0.481 e. The van der Waals surface area contributed by atoms with Gasteiger partial charge in [-0.15, -0.1) is 0 Å². The van der Waals surface area contributed by atoms with Gasteiger partial charge in [-0.1, -0.05) is 30.3 Å². The molecule has 11 nitrogen and oxygen atoms in total. The van der Waals surface area contributed by atoms with Crippen molar-refractivity contribution in [2.24, 2.45) is 0 Å². The Morgan fingerprint density at radius 3 is 2.38 bits per heavy atom. The van der Waals surface area contributed by atoms with Crippen molar-refractivity contribution >= 4 is 35.2 Å². The Bertz CT molecular complexity index is 1310. The van der Waals surface area contributed by atoms with E-state index >= 15 is 0 Å². The number of aromatic nitrogens is 2. The summed E-state index contributed by atoms with van der Waals surface area (Å²) in [6, 6.07) is 11.6. The minimum absolute atomic E-state index is 0.0605. The number of carboxylic acids is 1. The van der Waals surface area contributed by atoms with Crippen LogP contribution >= 0.6 is 11.3 Å². The van der Waals surface area contributed by atoms with E-state index in [4.69, 9.17) is 4.74 Å². The lowest BCUT2D eigenvalue weighted by molar-refractivity contribution is -0.138. The Morgan fingerprint density at radius 2 is 1.74 bits per heavy atom. The lowest BCUT2D eigenvalue weighted by atomic mass is 10.1. The van der Waals surface area contributed by atoms with Crippen molar-refractivity contribution < 1.29 is 29.0 Å².